The van der Waals surface area contributed by atoms with Crippen molar-refractivity contribution in [3.63, 3.8) is 0 Å². The summed E-state index contributed by atoms with van der Waals surface area (Å²) in [5, 5.41) is 0. The van der Waals surface area contributed by atoms with Gasteiger partial charge in [-0.25, -0.2) is 9.37 Å². The van der Waals surface area contributed by atoms with Crippen LogP contribution in [-0.4, -0.2) is 9.55 Å². The third kappa shape index (κ3) is 1.56. The molecule has 0 saturated heterocycles. The molecule has 0 unspecified atom stereocenters. The van der Waals surface area contributed by atoms with Crippen LogP contribution in [0.5, 0.6) is 0 Å². The monoisotopic (exact) mass is 270 g/mol. The lowest BCUT2D eigenvalue weighted by molar-refractivity contribution is 0.627. The predicted octanol–water partition coefficient (Wildman–Crippen LogP) is 2.20. The van der Waals surface area contributed by atoms with E-state index < -0.39 is 5.82 Å². The lowest BCUT2D eigenvalue weighted by Crippen LogP contribution is -2.23. The van der Waals surface area contributed by atoms with Crippen molar-refractivity contribution in [2.24, 2.45) is 0 Å². The standard InChI is InChI=1S/C10H8BrFN2O/c1-6-10(15)14(5-11)9-7(12)3-2-4-8(9)13-6/h2-4H,5H2,1H3. The number of rotatable bonds is 1. The molecule has 0 aliphatic heterocycles. The number of nitrogens with zero attached hydrogens (tertiary/aromatic N) is 2. The third-order valence-corrected chi connectivity index (χ3v) is 2.70. The Labute approximate surface area is 93.7 Å². The van der Waals surface area contributed by atoms with Crippen molar-refractivity contribution in [2.75, 3.05) is 0 Å². The molecule has 5 heteroatoms. The molecule has 0 bridgehead atoms. The van der Waals surface area contributed by atoms with Crippen LogP contribution in [0.4, 0.5) is 4.39 Å². The minimum Gasteiger partial charge on any atom is -0.292 e. The largest absolute Gasteiger partial charge is 0.292 e. The number of fused-ring (bicyclic) bond motifs is 1. The van der Waals surface area contributed by atoms with Gasteiger partial charge in [0.25, 0.3) is 5.56 Å². The minimum atomic E-state index is -0.434. The molecule has 2 rings (SSSR count). The van der Waals surface area contributed by atoms with Gasteiger partial charge in [-0.05, 0) is 19.1 Å². The topological polar surface area (TPSA) is 34.9 Å². The van der Waals surface area contributed by atoms with Crippen molar-refractivity contribution < 1.29 is 4.39 Å². The molecule has 0 aliphatic rings. The molecule has 2 aromatic rings. The van der Waals surface area contributed by atoms with Crippen LogP contribution in [0.25, 0.3) is 11.0 Å². The fourth-order valence-corrected chi connectivity index (χ4v) is 1.98. The van der Waals surface area contributed by atoms with E-state index in [1.165, 1.54) is 10.6 Å². The normalized spacial score (nSPS) is 10.9. The van der Waals surface area contributed by atoms with E-state index in [0.717, 1.165) is 0 Å². The molecule has 0 fully saturated rings. The molecular formula is C10H8BrFN2O. The predicted molar refractivity (Wildman–Crippen MR) is 59.6 cm³/mol. The van der Waals surface area contributed by atoms with E-state index in [4.69, 9.17) is 0 Å². The molecule has 0 aliphatic carbocycles. The van der Waals surface area contributed by atoms with Gasteiger partial charge in [-0.15, -0.1) is 0 Å². The third-order valence-electron chi connectivity index (χ3n) is 2.20. The summed E-state index contributed by atoms with van der Waals surface area (Å²) >= 11 is 3.17. The number of benzene rings is 1. The van der Waals surface area contributed by atoms with Crippen LogP contribution in [0.1, 0.15) is 5.69 Å². The molecule has 3 nitrogen and oxygen atoms in total. The highest BCUT2D eigenvalue weighted by Gasteiger charge is 2.10. The van der Waals surface area contributed by atoms with Crippen LogP contribution in [0.2, 0.25) is 0 Å². The maximum absolute atomic E-state index is 13.5. The molecule has 0 N–H and O–H groups in total. The van der Waals surface area contributed by atoms with Gasteiger partial charge in [0, 0.05) is 0 Å². The Morgan fingerprint density at radius 1 is 1.53 bits per heavy atom. The van der Waals surface area contributed by atoms with Crippen LogP contribution < -0.4 is 5.56 Å². The Hall–Kier alpha value is -1.23. The molecule has 0 amide bonds. The number of aromatic nitrogens is 2. The van der Waals surface area contributed by atoms with E-state index in [2.05, 4.69) is 20.9 Å². The molecule has 1 aromatic carbocycles. The Morgan fingerprint density at radius 2 is 2.27 bits per heavy atom. The SMILES string of the molecule is Cc1nc2cccc(F)c2n(CBr)c1=O. The zero-order chi connectivity index (χ0) is 11.0. The fourth-order valence-electron chi connectivity index (χ4n) is 1.50. The number of aryl methyl sites for hydroxylation is 1. The molecule has 1 heterocycles. The highest BCUT2D eigenvalue weighted by atomic mass is 79.9. The molecule has 78 valence electrons. The summed E-state index contributed by atoms with van der Waals surface area (Å²) in [5.74, 6) is -0.434. The van der Waals surface area contributed by atoms with Gasteiger partial charge in [0.15, 0.2) is 0 Å². The van der Waals surface area contributed by atoms with Gasteiger partial charge in [-0.3, -0.25) is 9.36 Å². The van der Waals surface area contributed by atoms with Crippen LogP contribution in [-0.2, 0) is 5.45 Å². The van der Waals surface area contributed by atoms with Gasteiger partial charge in [-0.1, -0.05) is 22.0 Å². The Morgan fingerprint density at radius 3 is 2.93 bits per heavy atom. The van der Waals surface area contributed by atoms with Crippen molar-refractivity contribution >= 4 is 27.0 Å². The Balaban J connectivity index is 3.03. The first-order valence-electron chi connectivity index (χ1n) is 4.37. The average Bonchev–Trinajstić information content (AvgIpc) is 2.21. The van der Waals surface area contributed by atoms with E-state index in [1.807, 2.05) is 0 Å². The fraction of sp³-hybridized carbons (Fsp3) is 0.200. The molecule has 0 spiro atoms. The van der Waals surface area contributed by atoms with Gasteiger partial charge in [0.05, 0.1) is 11.0 Å². The first-order chi connectivity index (χ1) is 7.15. The first kappa shape index (κ1) is 10.3. The van der Waals surface area contributed by atoms with Gasteiger partial charge in [0.2, 0.25) is 0 Å². The summed E-state index contributed by atoms with van der Waals surface area (Å²) in [6.45, 7) is 1.62. The van der Waals surface area contributed by atoms with E-state index in [1.54, 1.807) is 19.1 Å². The maximum atomic E-state index is 13.5. The smallest absolute Gasteiger partial charge is 0.273 e. The summed E-state index contributed by atoms with van der Waals surface area (Å²) in [6, 6.07) is 4.58. The molecule has 1 aromatic heterocycles. The highest BCUT2D eigenvalue weighted by Crippen LogP contribution is 2.15. The average molecular weight is 271 g/mol. The van der Waals surface area contributed by atoms with E-state index in [0.29, 0.717) is 11.2 Å². The van der Waals surface area contributed by atoms with Gasteiger partial charge >= 0.3 is 0 Å². The van der Waals surface area contributed by atoms with Crippen molar-refractivity contribution in [1.29, 1.82) is 0 Å². The number of alkyl halides is 1. The van der Waals surface area contributed by atoms with Crippen molar-refractivity contribution in [1.82, 2.24) is 9.55 Å². The first-order valence-corrected chi connectivity index (χ1v) is 5.49. The highest BCUT2D eigenvalue weighted by molar-refractivity contribution is 9.08. The summed E-state index contributed by atoms with van der Waals surface area (Å²) in [5.41, 5.74) is 1.08. The second-order valence-corrected chi connectivity index (χ2v) is 3.66. The number of halogens is 2. The van der Waals surface area contributed by atoms with Gasteiger partial charge < -0.3 is 0 Å². The van der Waals surface area contributed by atoms with Crippen LogP contribution in [0, 0.1) is 12.7 Å². The molecule has 0 saturated carbocycles. The molecule has 0 atom stereocenters. The second-order valence-electron chi connectivity index (χ2n) is 3.16. The number of hydrogen-bond acceptors (Lipinski definition) is 2. The minimum absolute atomic E-state index is 0.241. The van der Waals surface area contributed by atoms with Crippen molar-refractivity contribution in [3.05, 3.63) is 40.1 Å². The Bertz CT molecular complexity index is 579. The zero-order valence-electron chi connectivity index (χ0n) is 8.00. The summed E-state index contributed by atoms with van der Waals surface area (Å²) in [7, 11) is 0. The van der Waals surface area contributed by atoms with Crippen LogP contribution in [0.3, 0.4) is 0 Å². The summed E-state index contributed by atoms with van der Waals surface area (Å²) in [6.07, 6.45) is 0. The van der Waals surface area contributed by atoms with E-state index in [9.17, 15) is 9.18 Å². The van der Waals surface area contributed by atoms with Gasteiger partial charge in [0.1, 0.15) is 17.0 Å². The maximum Gasteiger partial charge on any atom is 0.273 e. The van der Waals surface area contributed by atoms with Crippen LogP contribution in [0.15, 0.2) is 23.0 Å². The number of para-hydroxylation sites is 1. The lowest BCUT2D eigenvalue weighted by atomic mass is 10.2. The van der Waals surface area contributed by atoms with Crippen LogP contribution >= 0.6 is 15.9 Å². The van der Waals surface area contributed by atoms with E-state index in [-0.39, 0.29) is 16.5 Å². The van der Waals surface area contributed by atoms with Crippen molar-refractivity contribution in [2.45, 2.75) is 12.4 Å². The molecule has 0 radical (unpaired) electrons. The summed E-state index contributed by atoms with van der Waals surface area (Å²) in [4.78, 5) is 15.7. The number of hydrogen-bond donors (Lipinski definition) is 0. The van der Waals surface area contributed by atoms with Gasteiger partial charge in [-0.2, -0.15) is 0 Å². The molecular weight excluding hydrogens is 263 g/mol. The Kier molecular flexibility index (Phi) is 2.56. The quantitative estimate of drug-likeness (QED) is 0.745. The second kappa shape index (κ2) is 3.73. The lowest BCUT2D eigenvalue weighted by Gasteiger charge is -2.08. The zero-order valence-corrected chi connectivity index (χ0v) is 9.58. The molecule has 15 heavy (non-hydrogen) atoms. The van der Waals surface area contributed by atoms with E-state index >= 15 is 0 Å². The summed E-state index contributed by atoms with van der Waals surface area (Å²) < 4.78 is 14.9. The van der Waals surface area contributed by atoms with Crippen molar-refractivity contribution in [3.8, 4) is 0 Å².